The lowest BCUT2D eigenvalue weighted by atomic mass is 10.00. The van der Waals surface area contributed by atoms with Crippen molar-refractivity contribution in [3.8, 4) is 11.5 Å². The molecule has 2 atom stereocenters. The summed E-state index contributed by atoms with van der Waals surface area (Å²) < 4.78 is 0. The Kier molecular flexibility index (Phi) is 12.2. The number of hydrogen-bond acceptors (Lipinski definition) is 11. The van der Waals surface area contributed by atoms with Gasteiger partial charge in [0.25, 0.3) is 0 Å². The van der Waals surface area contributed by atoms with Crippen LogP contribution in [0, 0.1) is 13.8 Å². The molecule has 0 saturated carbocycles. The Bertz CT molecular complexity index is 1330. The van der Waals surface area contributed by atoms with Crippen LogP contribution in [0.2, 0.25) is 0 Å². The van der Waals surface area contributed by atoms with Gasteiger partial charge in [0.15, 0.2) is 0 Å². The topological polar surface area (TPSA) is 146 Å². The number of aliphatic hydroxyl groups is 4. The zero-order valence-corrected chi connectivity index (χ0v) is 27.9. The molecule has 3 saturated heterocycles. The van der Waals surface area contributed by atoms with Crippen LogP contribution in [0.5, 0.6) is 11.5 Å². The van der Waals surface area contributed by atoms with Crippen molar-refractivity contribution in [1.29, 1.82) is 0 Å². The van der Waals surface area contributed by atoms with Crippen LogP contribution in [-0.2, 0) is 13.1 Å². The van der Waals surface area contributed by atoms with E-state index >= 15 is 0 Å². The molecule has 0 aliphatic carbocycles. The summed E-state index contributed by atoms with van der Waals surface area (Å²) in [5.41, 5.74) is 7.09. The predicted octanol–water partition coefficient (Wildman–Crippen LogP) is 2.12. The highest BCUT2D eigenvalue weighted by molar-refractivity contribution is 5.64. The molecule has 2 unspecified atom stereocenters. The molecule has 0 aromatic heterocycles. The second-order valence-electron chi connectivity index (χ2n) is 13.2. The van der Waals surface area contributed by atoms with Gasteiger partial charge < -0.3 is 45.8 Å². The zero-order valence-electron chi connectivity index (χ0n) is 27.9. The lowest BCUT2D eigenvalue weighted by Gasteiger charge is -2.39. The molecule has 258 valence electrons. The van der Waals surface area contributed by atoms with Crippen molar-refractivity contribution < 1.29 is 30.6 Å². The molecule has 3 fully saturated rings. The Morgan fingerprint density at radius 2 is 1.09 bits per heavy atom. The molecule has 3 aliphatic rings. The number of aromatic hydroxyl groups is 2. The number of nitrogens with zero attached hydrogens (tertiary/aromatic N) is 4. The molecule has 0 amide bonds. The fraction of sp³-hybridized carbons (Fsp3) is 0.556. The van der Waals surface area contributed by atoms with Crippen molar-refractivity contribution in [3.63, 3.8) is 0 Å². The van der Waals surface area contributed by atoms with Gasteiger partial charge in [-0.2, -0.15) is 0 Å². The number of aryl methyl sites for hydroxylation is 2. The van der Waals surface area contributed by atoms with Crippen LogP contribution in [0.1, 0.15) is 59.1 Å². The van der Waals surface area contributed by atoms with Crippen LogP contribution in [0.4, 0.5) is 0 Å². The van der Waals surface area contributed by atoms with Crippen LogP contribution >= 0.6 is 0 Å². The van der Waals surface area contributed by atoms with Crippen LogP contribution in [0.15, 0.2) is 35.7 Å². The van der Waals surface area contributed by atoms with Crippen molar-refractivity contribution in [3.05, 3.63) is 69.0 Å². The monoisotopic (exact) mass is 651 g/mol. The van der Waals surface area contributed by atoms with E-state index in [4.69, 9.17) is 0 Å². The lowest BCUT2D eigenvalue weighted by Crippen LogP contribution is -2.44. The number of aliphatic hydroxyl groups excluding tert-OH is 4. The van der Waals surface area contributed by atoms with E-state index in [-0.39, 0.29) is 24.7 Å². The first-order chi connectivity index (χ1) is 22.7. The molecule has 3 aliphatic heterocycles. The minimum absolute atomic E-state index is 0.251. The van der Waals surface area contributed by atoms with Gasteiger partial charge in [-0.05, 0) is 88.3 Å². The van der Waals surface area contributed by atoms with E-state index < -0.39 is 12.5 Å². The number of benzene rings is 2. The zero-order chi connectivity index (χ0) is 33.5. The first-order valence-corrected chi connectivity index (χ1v) is 17.0. The van der Waals surface area contributed by atoms with Crippen LogP contribution < -0.4 is 5.32 Å². The minimum Gasteiger partial charge on any atom is -0.507 e. The van der Waals surface area contributed by atoms with E-state index in [2.05, 4.69) is 15.1 Å². The van der Waals surface area contributed by atoms with Gasteiger partial charge in [0.1, 0.15) is 24.0 Å². The van der Waals surface area contributed by atoms with Gasteiger partial charge in [0.2, 0.25) is 0 Å². The molecule has 11 nitrogen and oxygen atoms in total. The first kappa shape index (κ1) is 35.2. The predicted molar refractivity (Wildman–Crippen MR) is 183 cm³/mol. The Balaban J connectivity index is 1.31. The summed E-state index contributed by atoms with van der Waals surface area (Å²) in [5.74, 6) is 0.501. The van der Waals surface area contributed by atoms with E-state index in [0.717, 1.165) is 110 Å². The molecule has 0 radical (unpaired) electrons. The Labute approximate surface area is 278 Å². The van der Waals surface area contributed by atoms with E-state index in [9.17, 15) is 30.6 Å². The quantitative estimate of drug-likeness (QED) is 0.203. The summed E-state index contributed by atoms with van der Waals surface area (Å²) in [5, 5.41) is 65.2. The maximum Gasteiger partial charge on any atom is 0.150 e. The number of phenols is 2. The SMILES string of the molecule is Cc1cc(C=C2CCN2C(O)CO)c(O)c(CN2CCCNCCCN(Cc3cc(C)cc(C=C4CCN4C(O)CO)c3O)CC2)c1. The summed E-state index contributed by atoms with van der Waals surface area (Å²) in [6, 6.07) is 8.01. The highest BCUT2D eigenvalue weighted by Gasteiger charge is 2.27. The van der Waals surface area contributed by atoms with Crippen molar-refractivity contribution in [2.45, 2.75) is 65.1 Å². The minimum atomic E-state index is -0.930. The van der Waals surface area contributed by atoms with Gasteiger partial charge in [-0.1, -0.05) is 12.1 Å². The van der Waals surface area contributed by atoms with Crippen LogP contribution in [0.3, 0.4) is 0 Å². The van der Waals surface area contributed by atoms with Crippen molar-refractivity contribution in [2.75, 3.05) is 65.6 Å². The van der Waals surface area contributed by atoms with E-state index in [1.165, 1.54) is 0 Å². The maximum atomic E-state index is 11.4. The Hall–Kier alpha value is -3.16. The Morgan fingerprint density at radius 3 is 1.45 bits per heavy atom. The largest absolute Gasteiger partial charge is 0.507 e. The number of nitrogens with one attached hydrogen (secondary N) is 1. The van der Waals surface area contributed by atoms with Crippen LogP contribution in [0.25, 0.3) is 12.2 Å². The molecular weight excluding hydrogens is 598 g/mol. The second-order valence-corrected chi connectivity index (χ2v) is 13.2. The lowest BCUT2D eigenvalue weighted by molar-refractivity contribution is -0.0374. The maximum absolute atomic E-state index is 11.4. The summed E-state index contributed by atoms with van der Waals surface area (Å²) in [4.78, 5) is 8.29. The molecule has 2 aromatic carbocycles. The van der Waals surface area contributed by atoms with E-state index in [1.54, 1.807) is 9.80 Å². The smallest absolute Gasteiger partial charge is 0.150 e. The average Bonchev–Trinajstić information content (AvgIpc) is 3.07. The van der Waals surface area contributed by atoms with Gasteiger partial charge in [0.05, 0.1) is 13.2 Å². The fourth-order valence-electron chi connectivity index (χ4n) is 6.80. The molecule has 47 heavy (non-hydrogen) atoms. The van der Waals surface area contributed by atoms with Crippen molar-refractivity contribution in [2.24, 2.45) is 0 Å². The average molecular weight is 652 g/mol. The van der Waals surface area contributed by atoms with Crippen molar-refractivity contribution in [1.82, 2.24) is 24.9 Å². The molecule has 7 N–H and O–H groups in total. The molecule has 0 spiro atoms. The fourth-order valence-corrected chi connectivity index (χ4v) is 6.80. The molecule has 11 heteroatoms. The first-order valence-electron chi connectivity index (χ1n) is 17.0. The highest BCUT2D eigenvalue weighted by atomic mass is 16.3. The van der Waals surface area contributed by atoms with E-state index in [0.29, 0.717) is 26.2 Å². The molecule has 2 aromatic rings. The molecule has 3 heterocycles. The summed E-state index contributed by atoms with van der Waals surface area (Å²) in [7, 11) is 0. The van der Waals surface area contributed by atoms with Gasteiger partial charge >= 0.3 is 0 Å². The third-order valence-electron chi connectivity index (χ3n) is 9.55. The Morgan fingerprint density at radius 1 is 0.660 bits per heavy atom. The molecule has 5 rings (SSSR count). The number of phenolic OH excluding ortho intramolecular Hbond substituents is 2. The molecule has 0 bridgehead atoms. The normalized spacial score (nSPS) is 21.7. The number of likely N-dealkylation sites (tertiary alicyclic amines) is 2. The standard InChI is InChI=1S/C36H53N5O6/c1-25-15-27(19-31-5-11-40(31)33(44)23-42)35(46)29(17-25)21-38-9-3-7-37-8-4-10-39(14-13-38)22-30-18-26(2)16-28(36(30)47)20-32-6-12-41(32)34(45)24-43/h15-20,33-34,37,42-47H,3-14,21-24H2,1-2H3. The summed E-state index contributed by atoms with van der Waals surface area (Å²) in [6.07, 6.45) is 5.54. The highest BCUT2D eigenvalue weighted by Crippen LogP contribution is 2.34. The van der Waals surface area contributed by atoms with Gasteiger partial charge in [0, 0.05) is 85.8 Å². The van der Waals surface area contributed by atoms with Gasteiger partial charge in [-0.25, -0.2) is 0 Å². The van der Waals surface area contributed by atoms with Crippen LogP contribution in [-0.4, -0.2) is 128 Å². The summed E-state index contributed by atoms with van der Waals surface area (Å²) >= 11 is 0. The second kappa shape index (κ2) is 16.3. The van der Waals surface area contributed by atoms with E-state index in [1.807, 2.05) is 50.3 Å². The summed E-state index contributed by atoms with van der Waals surface area (Å²) in [6.45, 7) is 11.2. The van der Waals surface area contributed by atoms with Crippen molar-refractivity contribution >= 4 is 12.2 Å². The third kappa shape index (κ3) is 8.85. The number of hydrogen-bond donors (Lipinski definition) is 7. The third-order valence-corrected chi connectivity index (χ3v) is 9.55. The molecular formula is C36H53N5O6. The van der Waals surface area contributed by atoms with Gasteiger partial charge in [-0.15, -0.1) is 0 Å². The van der Waals surface area contributed by atoms with Gasteiger partial charge in [-0.3, -0.25) is 9.80 Å². The number of rotatable bonds is 10.